The van der Waals surface area contributed by atoms with E-state index in [0.717, 1.165) is 5.56 Å². The minimum absolute atomic E-state index is 0.0643. The van der Waals surface area contributed by atoms with Gasteiger partial charge in [-0.3, -0.25) is 4.79 Å². The van der Waals surface area contributed by atoms with E-state index in [9.17, 15) is 9.90 Å². The van der Waals surface area contributed by atoms with E-state index in [1.54, 1.807) is 36.4 Å². The molecule has 0 unspecified atom stereocenters. The first kappa shape index (κ1) is 14.7. The van der Waals surface area contributed by atoms with Crippen molar-refractivity contribution in [3.05, 3.63) is 77.9 Å². The van der Waals surface area contributed by atoms with Gasteiger partial charge in [0.25, 0.3) is 0 Å². The lowest BCUT2D eigenvalue weighted by molar-refractivity contribution is 0.103. The number of rotatable bonds is 3. The predicted octanol–water partition coefficient (Wildman–Crippen LogP) is 3.45. The zero-order chi connectivity index (χ0) is 16.4. The second-order valence-corrected chi connectivity index (χ2v) is 5.21. The number of carbonyl (C=O) groups excluding carboxylic acids is 1. The summed E-state index contributed by atoms with van der Waals surface area (Å²) in [6, 6.07) is 19.4. The Bertz CT molecular complexity index is 874. The SMILES string of the molecule is Nc1cccc(C(=O)c2cccc(-c3ccccc3)c2O)c1N. The van der Waals surface area contributed by atoms with E-state index in [0.29, 0.717) is 11.3 Å². The molecule has 0 bridgehead atoms. The van der Waals surface area contributed by atoms with Crippen LogP contribution in [0.25, 0.3) is 11.1 Å². The van der Waals surface area contributed by atoms with Gasteiger partial charge in [-0.05, 0) is 23.8 Å². The second-order valence-electron chi connectivity index (χ2n) is 5.21. The van der Waals surface area contributed by atoms with Crippen LogP contribution < -0.4 is 11.5 Å². The molecule has 4 nitrogen and oxygen atoms in total. The van der Waals surface area contributed by atoms with Gasteiger partial charge in [0.1, 0.15) is 5.75 Å². The third-order valence-electron chi connectivity index (χ3n) is 3.75. The molecule has 0 aliphatic rings. The molecule has 0 fully saturated rings. The van der Waals surface area contributed by atoms with Crippen LogP contribution in [0.1, 0.15) is 15.9 Å². The van der Waals surface area contributed by atoms with Gasteiger partial charge in [0, 0.05) is 11.1 Å². The zero-order valence-corrected chi connectivity index (χ0v) is 12.4. The normalized spacial score (nSPS) is 10.4. The fraction of sp³-hybridized carbons (Fsp3) is 0. The Morgan fingerprint density at radius 2 is 1.43 bits per heavy atom. The van der Waals surface area contributed by atoms with Crippen LogP contribution in [0.15, 0.2) is 66.7 Å². The van der Waals surface area contributed by atoms with Crippen molar-refractivity contribution >= 4 is 17.2 Å². The summed E-state index contributed by atoms with van der Waals surface area (Å²) in [5, 5.41) is 10.5. The molecular formula is C19H16N2O2. The molecule has 0 atom stereocenters. The van der Waals surface area contributed by atoms with Crippen molar-refractivity contribution in [2.75, 3.05) is 11.5 Å². The molecule has 4 heteroatoms. The van der Waals surface area contributed by atoms with E-state index < -0.39 is 0 Å². The van der Waals surface area contributed by atoms with Crippen LogP contribution in [-0.4, -0.2) is 10.9 Å². The highest BCUT2D eigenvalue weighted by molar-refractivity contribution is 6.15. The number of nitrogen functional groups attached to an aromatic ring is 2. The number of nitrogens with two attached hydrogens (primary N) is 2. The van der Waals surface area contributed by atoms with Gasteiger partial charge in [0.15, 0.2) is 5.78 Å². The average Bonchev–Trinajstić information content (AvgIpc) is 2.58. The highest BCUT2D eigenvalue weighted by Gasteiger charge is 2.19. The van der Waals surface area contributed by atoms with Gasteiger partial charge >= 0.3 is 0 Å². The van der Waals surface area contributed by atoms with Crippen LogP contribution in [0.2, 0.25) is 0 Å². The first-order valence-electron chi connectivity index (χ1n) is 7.15. The summed E-state index contributed by atoms with van der Waals surface area (Å²) in [5.74, 6) is -0.421. The molecule has 0 spiro atoms. The first-order valence-corrected chi connectivity index (χ1v) is 7.15. The number of phenols is 1. The lowest BCUT2D eigenvalue weighted by Gasteiger charge is -2.11. The minimum atomic E-state index is -0.356. The van der Waals surface area contributed by atoms with E-state index in [4.69, 9.17) is 11.5 Å². The number of benzene rings is 3. The van der Waals surface area contributed by atoms with Gasteiger partial charge in [-0.1, -0.05) is 48.5 Å². The lowest BCUT2D eigenvalue weighted by atomic mass is 9.95. The maximum atomic E-state index is 12.7. The molecule has 3 aromatic carbocycles. The summed E-state index contributed by atoms with van der Waals surface area (Å²) in [7, 11) is 0. The second kappa shape index (κ2) is 5.85. The number of phenolic OH excluding ortho intramolecular Hbond substituents is 1. The number of hydrogen-bond acceptors (Lipinski definition) is 4. The number of aromatic hydroxyl groups is 1. The van der Waals surface area contributed by atoms with E-state index >= 15 is 0 Å². The van der Waals surface area contributed by atoms with Crippen molar-refractivity contribution in [1.82, 2.24) is 0 Å². The number of ketones is 1. The molecule has 0 saturated heterocycles. The smallest absolute Gasteiger partial charge is 0.198 e. The van der Waals surface area contributed by atoms with Crippen molar-refractivity contribution < 1.29 is 9.90 Å². The highest BCUT2D eigenvalue weighted by atomic mass is 16.3. The standard InChI is InChI=1S/C19H16N2O2/c20-16-11-5-9-14(17(16)21)19(23)15-10-4-8-13(18(15)22)12-6-2-1-3-7-12/h1-11,22H,20-21H2. The van der Waals surface area contributed by atoms with Crippen LogP contribution in [0.5, 0.6) is 5.75 Å². The summed E-state index contributed by atoms with van der Waals surface area (Å²) >= 11 is 0. The first-order chi connectivity index (χ1) is 11.1. The van der Waals surface area contributed by atoms with Crippen molar-refractivity contribution in [2.45, 2.75) is 0 Å². The number of para-hydroxylation sites is 2. The lowest BCUT2D eigenvalue weighted by Crippen LogP contribution is -2.08. The van der Waals surface area contributed by atoms with Crippen LogP contribution in [0, 0.1) is 0 Å². The maximum absolute atomic E-state index is 12.7. The third kappa shape index (κ3) is 2.62. The largest absolute Gasteiger partial charge is 0.507 e. The molecule has 0 radical (unpaired) electrons. The van der Waals surface area contributed by atoms with Crippen molar-refractivity contribution in [1.29, 1.82) is 0 Å². The molecule has 0 aromatic heterocycles. The van der Waals surface area contributed by atoms with Crippen LogP contribution in [-0.2, 0) is 0 Å². The Morgan fingerprint density at radius 3 is 2.17 bits per heavy atom. The van der Waals surface area contributed by atoms with E-state index in [1.165, 1.54) is 0 Å². The molecule has 23 heavy (non-hydrogen) atoms. The van der Waals surface area contributed by atoms with Crippen LogP contribution in [0.4, 0.5) is 11.4 Å². The average molecular weight is 304 g/mol. The Balaban J connectivity index is 2.11. The molecule has 5 N–H and O–H groups in total. The third-order valence-corrected chi connectivity index (χ3v) is 3.75. The highest BCUT2D eigenvalue weighted by Crippen LogP contribution is 2.34. The fourth-order valence-electron chi connectivity index (χ4n) is 2.50. The van der Waals surface area contributed by atoms with Gasteiger partial charge in [-0.15, -0.1) is 0 Å². The monoisotopic (exact) mass is 304 g/mol. The molecule has 3 rings (SSSR count). The maximum Gasteiger partial charge on any atom is 0.198 e. The summed E-state index contributed by atoms with van der Waals surface area (Å²) in [6.45, 7) is 0. The van der Waals surface area contributed by atoms with E-state index in [1.807, 2.05) is 30.3 Å². The van der Waals surface area contributed by atoms with Gasteiger partial charge < -0.3 is 16.6 Å². The topological polar surface area (TPSA) is 89.3 Å². The molecule has 3 aromatic rings. The molecule has 0 aliphatic carbocycles. The Kier molecular flexibility index (Phi) is 3.73. The quantitative estimate of drug-likeness (QED) is 0.510. The summed E-state index contributed by atoms with van der Waals surface area (Å²) < 4.78 is 0. The van der Waals surface area contributed by atoms with E-state index in [2.05, 4.69) is 0 Å². The number of carbonyl (C=O) groups is 1. The fourth-order valence-corrected chi connectivity index (χ4v) is 2.50. The summed E-state index contributed by atoms with van der Waals surface area (Å²) in [4.78, 5) is 12.7. The van der Waals surface area contributed by atoms with Crippen molar-refractivity contribution in [3.63, 3.8) is 0 Å². The molecule has 0 heterocycles. The van der Waals surface area contributed by atoms with Gasteiger partial charge in [-0.2, -0.15) is 0 Å². The molecule has 0 aliphatic heterocycles. The Morgan fingerprint density at radius 1 is 0.783 bits per heavy atom. The van der Waals surface area contributed by atoms with Crippen LogP contribution >= 0.6 is 0 Å². The molecule has 0 amide bonds. The molecule has 114 valence electrons. The Hall–Kier alpha value is -3.27. The van der Waals surface area contributed by atoms with Crippen LogP contribution in [0.3, 0.4) is 0 Å². The summed E-state index contributed by atoms with van der Waals surface area (Å²) in [5.41, 5.74) is 14.1. The van der Waals surface area contributed by atoms with Crippen molar-refractivity contribution in [3.8, 4) is 16.9 Å². The minimum Gasteiger partial charge on any atom is -0.507 e. The number of hydrogen-bond donors (Lipinski definition) is 3. The van der Waals surface area contributed by atoms with Gasteiger partial charge in [0.05, 0.1) is 16.9 Å². The van der Waals surface area contributed by atoms with E-state index in [-0.39, 0.29) is 28.3 Å². The van der Waals surface area contributed by atoms with Gasteiger partial charge in [0.2, 0.25) is 0 Å². The molecular weight excluding hydrogens is 288 g/mol. The summed E-state index contributed by atoms with van der Waals surface area (Å²) in [6.07, 6.45) is 0. The molecule has 0 saturated carbocycles. The number of anilines is 2. The van der Waals surface area contributed by atoms with Crippen molar-refractivity contribution in [2.24, 2.45) is 0 Å². The predicted molar refractivity (Wildman–Crippen MR) is 92.2 cm³/mol. The Labute approximate surface area is 134 Å². The van der Waals surface area contributed by atoms with Gasteiger partial charge in [-0.25, -0.2) is 0 Å². The zero-order valence-electron chi connectivity index (χ0n) is 12.4.